The van der Waals surface area contributed by atoms with E-state index in [9.17, 15) is 5.11 Å². The van der Waals surface area contributed by atoms with E-state index in [1.807, 2.05) is 24.3 Å². The molecule has 5 heteroatoms. The highest BCUT2D eigenvalue weighted by Crippen LogP contribution is 2.31. The van der Waals surface area contributed by atoms with Crippen LogP contribution >= 0.6 is 27.7 Å². The molecular weight excluding hydrogens is 290 g/mol. The lowest BCUT2D eigenvalue weighted by Crippen LogP contribution is -2.38. The van der Waals surface area contributed by atoms with Gasteiger partial charge >= 0.3 is 0 Å². The minimum absolute atomic E-state index is 0.0382. The molecule has 1 aromatic carbocycles. The fourth-order valence-electron chi connectivity index (χ4n) is 1.26. The Morgan fingerprint density at radius 1 is 1.50 bits per heavy atom. The van der Waals surface area contributed by atoms with Crippen molar-refractivity contribution in [3.05, 3.63) is 28.7 Å². The molecule has 2 atom stereocenters. The van der Waals surface area contributed by atoms with Gasteiger partial charge in [-0.05, 0) is 28.1 Å². The van der Waals surface area contributed by atoms with Crippen molar-refractivity contribution in [2.75, 3.05) is 20.3 Å². The molecule has 0 heterocycles. The summed E-state index contributed by atoms with van der Waals surface area (Å²) < 4.78 is 6.01. The lowest BCUT2D eigenvalue weighted by molar-refractivity contribution is 0.167. The normalized spacial score (nSPS) is 14.8. The molecule has 0 aliphatic rings. The van der Waals surface area contributed by atoms with Gasteiger partial charge in [0.15, 0.2) is 0 Å². The SMILES string of the molecule is COCC(N)C(CO)Sc1ccccc1Br. The zero-order valence-corrected chi connectivity index (χ0v) is 11.5. The van der Waals surface area contributed by atoms with Gasteiger partial charge in [-0.25, -0.2) is 0 Å². The molecule has 3 nitrogen and oxygen atoms in total. The van der Waals surface area contributed by atoms with Crippen molar-refractivity contribution in [1.29, 1.82) is 0 Å². The topological polar surface area (TPSA) is 55.5 Å². The van der Waals surface area contributed by atoms with Crippen molar-refractivity contribution < 1.29 is 9.84 Å². The lowest BCUT2D eigenvalue weighted by atomic mass is 10.2. The Morgan fingerprint density at radius 2 is 2.19 bits per heavy atom. The van der Waals surface area contributed by atoms with Crippen LogP contribution in [0.5, 0.6) is 0 Å². The fraction of sp³-hybridized carbons (Fsp3) is 0.455. The van der Waals surface area contributed by atoms with Gasteiger partial charge in [0.05, 0.1) is 13.2 Å². The number of hydrogen-bond donors (Lipinski definition) is 2. The molecule has 0 spiro atoms. The van der Waals surface area contributed by atoms with Crippen molar-refractivity contribution in [3.8, 4) is 0 Å². The fourth-order valence-corrected chi connectivity index (χ4v) is 2.82. The smallest absolute Gasteiger partial charge is 0.0625 e. The first-order valence-corrected chi connectivity index (χ1v) is 6.63. The first kappa shape index (κ1) is 14.0. The minimum atomic E-state index is -0.174. The average molecular weight is 306 g/mol. The number of aliphatic hydroxyl groups is 1. The van der Waals surface area contributed by atoms with Crippen LogP contribution in [-0.4, -0.2) is 36.7 Å². The maximum absolute atomic E-state index is 9.30. The number of halogens is 1. The Bertz CT molecular complexity index is 325. The second-order valence-corrected chi connectivity index (χ2v) is 5.52. The predicted octanol–water partition coefficient (Wildman–Crippen LogP) is 1.88. The number of thioether (sulfide) groups is 1. The van der Waals surface area contributed by atoms with Crippen LogP contribution < -0.4 is 5.73 Å². The highest BCUT2D eigenvalue weighted by atomic mass is 79.9. The Labute approximate surface area is 108 Å². The summed E-state index contributed by atoms with van der Waals surface area (Å²) in [6, 6.07) is 7.71. The van der Waals surface area contributed by atoms with Gasteiger partial charge in [0.25, 0.3) is 0 Å². The first-order valence-electron chi connectivity index (χ1n) is 4.95. The number of aliphatic hydroxyl groups excluding tert-OH is 1. The van der Waals surface area contributed by atoms with Crippen LogP contribution in [0, 0.1) is 0 Å². The number of nitrogens with two attached hydrogens (primary N) is 1. The number of ether oxygens (including phenoxy) is 1. The Kier molecular flexibility index (Phi) is 6.38. The van der Waals surface area contributed by atoms with Gasteiger partial charge in [-0.3, -0.25) is 0 Å². The maximum atomic E-state index is 9.30. The van der Waals surface area contributed by atoms with Crippen molar-refractivity contribution in [3.63, 3.8) is 0 Å². The molecule has 0 aliphatic heterocycles. The average Bonchev–Trinajstić information content (AvgIpc) is 2.28. The second-order valence-electron chi connectivity index (χ2n) is 3.39. The molecular formula is C11H16BrNO2S. The molecule has 90 valence electrons. The summed E-state index contributed by atoms with van der Waals surface area (Å²) in [5.41, 5.74) is 5.92. The van der Waals surface area contributed by atoms with Crippen LogP contribution in [0.2, 0.25) is 0 Å². The molecule has 0 radical (unpaired) electrons. The van der Waals surface area contributed by atoms with E-state index in [0.29, 0.717) is 6.61 Å². The summed E-state index contributed by atoms with van der Waals surface area (Å²) in [6.07, 6.45) is 0. The summed E-state index contributed by atoms with van der Waals surface area (Å²) in [4.78, 5) is 1.08. The molecule has 1 rings (SSSR count). The molecule has 0 aromatic heterocycles. The van der Waals surface area contributed by atoms with E-state index in [2.05, 4.69) is 15.9 Å². The van der Waals surface area contributed by atoms with Crippen molar-refractivity contribution in [1.82, 2.24) is 0 Å². The summed E-state index contributed by atoms with van der Waals surface area (Å²) in [5.74, 6) is 0. The lowest BCUT2D eigenvalue weighted by Gasteiger charge is -2.21. The quantitative estimate of drug-likeness (QED) is 0.788. The molecule has 16 heavy (non-hydrogen) atoms. The van der Waals surface area contributed by atoms with Gasteiger partial charge in [0.2, 0.25) is 0 Å². The van der Waals surface area contributed by atoms with Gasteiger partial charge in [-0.2, -0.15) is 0 Å². The minimum Gasteiger partial charge on any atom is -0.395 e. The third-order valence-corrected chi connectivity index (χ3v) is 4.50. The predicted molar refractivity (Wildman–Crippen MR) is 70.7 cm³/mol. The molecule has 0 saturated heterocycles. The third kappa shape index (κ3) is 4.07. The summed E-state index contributed by atoms with van der Waals surface area (Å²) in [7, 11) is 1.61. The van der Waals surface area contributed by atoms with Gasteiger partial charge in [-0.1, -0.05) is 12.1 Å². The van der Waals surface area contributed by atoms with Crippen LogP contribution in [0.15, 0.2) is 33.6 Å². The van der Waals surface area contributed by atoms with Crippen molar-refractivity contribution >= 4 is 27.7 Å². The highest BCUT2D eigenvalue weighted by molar-refractivity contribution is 9.10. The molecule has 0 fully saturated rings. The first-order chi connectivity index (χ1) is 7.69. The van der Waals surface area contributed by atoms with E-state index in [0.717, 1.165) is 9.37 Å². The van der Waals surface area contributed by atoms with Crippen LogP contribution in [0.3, 0.4) is 0 Å². The van der Waals surface area contributed by atoms with E-state index in [1.54, 1.807) is 18.9 Å². The largest absolute Gasteiger partial charge is 0.395 e. The summed E-state index contributed by atoms with van der Waals surface area (Å²) in [6.45, 7) is 0.485. The number of rotatable bonds is 6. The number of hydrogen-bond acceptors (Lipinski definition) is 4. The number of benzene rings is 1. The molecule has 2 unspecified atom stereocenters. The molecule has 1 aromatic rings. The van der Waals surface area contributed by atoms with Gasteiger partial charge in [-0.15, -0.1) is 11.8 Å². The van der Waals surface area contributed by atoms with E-state index in [1.165, 1.54) is 0 Å². The third-order valence-electron chi connectivity index (χ3n) is 2.13. The van der Waals surface area contributed by atoms with Crippen molar-refractivity contribution in [2.24, 2.45) is 5.73 Å². The molecule has 0 amide bonds. The van der Waals surface area contributed by atoms with Crippen molar-refractivity contribution in [2.45, 2.75) is 16.2 Å². The van der Waals surface area contributed by atoms with E-state index in [4.69, 9.17) is 10.5 Å². The summed E-state index contributed by atoms with van der Waals surface area (Å²) >= 11 is 5.03. The van der Waals surface area contributed by atoms with Gasteiger partial charge in [0, 0.05) is 27.8 Å². The Hall–Kier alpha value is -0.0700. The monoisotopic (exact) mass is 305 g/mol. The van der Waals surface area contributed by atoms with E-state index < -0.39 is 0 Å². The van der Waals surface area contributed by atoms with Gasteiger partial charge in [0.1, 0.15) is 0 Å². The Morgan fingerprint density at radius 3 is 2.75 bits per heavy atom. The number of methoxy groups -OCH3 is 1. The molecule has 0 saturated carbocycles. The molecule has 3 N–H and O–H groups in total. The van der Waals surface area contributed by atoms with Gasteiger partial charge < -0.3 is 15.6 Å². The standard InChI is InChI=1S/C11H16BrNO2S/c1-15-7-9(13)11(6-14)16-10-5-3-2-4-8(10)12/h2-5,9,11,14H,6-7,13H2,1H3. The maximum Gasteiger partial charge on any atom is 0.0625 e. The summed E-state index contributed by atoms with van der Waals surface area (Å²) in [5, 5.41) is 9.25. The van der Waals surface area contributed by atoms with E-state index >= 15 is 0 Å². The molecule has 0 aliphatic carbocycles. The highest BCUT2D eigenvalue weighted by Gasteiger charge is 2.19. The zero-order valence-electron chi connectivity index (χ0n) is 9.10. The van der Waals surface area contributed by atoms with Crippen LogP contribution in [0.25, 0.3) is 0 Å². The van der Waals surface area contributed by atoms with E-state index in [-0.39, 0.29) is 17.9 Å². The Balaban J connectivity index is 2.66. The zero-order chi connectivity index (χ0) is 12.0. The second kappa shape index (κ2) is 7.29. The van der Waals surface area contributed by atoms with Crippen LogP contribution in [-0.2, 0) is 4.74 Å². The van der Waals surface area contributed by atoms with Crippen LogP contribution in [0.1, 0.15) is 0 Å². The molecule has 0 bridgehead atoms. The van der Waals surface area contributed by atoms with Crippen LogP contribution in [0.4, 0.5) is 0 Å².